The molecule has 3 aliphatic rings. The summed E-state index contributed by atoms with van der Waals surface area (Å²) < 4.78 is 39.1. The molecule has 3 aliphatic heterocycles. The Kier molecular flexibility index (Phi) is 10.4. The maximum atomic E-state index is 12.2. The molecule has 0 aromatic carbocycles. The number of aliphatic hydroxyl groups is 8. The van der Waals surface area contributed by atoms with Crippen LogP contribution in [-0.2, 0) is 28.2 Å². The SMILES string of the molecule is N[C@H]1[C@@H](OC2[C@@H](CO)O[C@@H](OC3[C@@H](CO)O[C@@H](O)[C@H](N)[C@H]3O)[C@H](N)[C@H]2O)O[C@](CO)(P(=O)(O)O)[C@@](O)(Cl)[C@@H]1O. The molecular formula is C18H35ClN3O16P. The van der Waals surface area contributed by atoms with Crippen molar-refractivity contribution in [2.75, 3.05) is 19.8 Å². The molecule has 16 N–H and O–H groups in total. The first-order chi connectivity index (χ1) is 18.0. The molecule has 15 atom stereocenters. The van der Waals surface area contributed by atoms with E-state index in [-0.39, 0.29) is 0 Å². The second kappa shape index (κ2) is 12.2. The van der Waals surface area contributed by atoms with Crippen LogP contribution in [0.5, 0.6) is 0 Å². The molecule has 19 nitrogen and oxygen atoms in total. The zero-order chi connectivity index (χ0) is 29.7. The van der Waals surface area contributed by atoms with E-state index in [1.165, 1.54) is 0 Å². The summed E-state index contributed by atoms with van der Waals surface area (Å²) >= 11 is 5.78. The molecule has 0 saturated carbocycles. The van der Waals surface area contributed by atoms with Gasteiger partial charge in [0.1, 0.15) is 42.7 Å². The van der Waals surface area contributed by atoms with E-state index in [1.807, 2.05) is 0 Å². The number of halogens is 1. The summed E-state index contributed by atoms with van der Waals surface area (Å²) in [5.74, 6) is 0. The molecule has 3 saturated heterocycles. The number of hydrogen-bond acceptors (Lipinski definition) is 17. The van der Waals surface area contributed by atoms with Gasteiger partial charge in [-0.15, -0.1) is 0 Å². The van der Waals surface area contributed by atoms with Gasteiger partial charge in [0, 0.05) is 0 Å². The first-order valence-corrected chi connectivity index (χ1v) is 13.6. The maximum absolute atomic E-state index is 12.2. The van der Waals surface area contributed by atoms with Crippen LogP contribution in [0.4, 0.5) is 0 Å². The highest BCUT2D eigenvalue weighted by molar-refractivity contribution is 7.53. The molecule has 0 bridgehead atoms. The van der Waals surface area contributed by atoms with Crippen LogP contribution in [0.1, 0.15) is 0 Å². The number of hydrogen-bond donors (Lipinski definition) is 13. The van der Waals surface area contributed by atoms with Crippen molar-refractivity contribution in [1.29, 1.82) is 0 Å². The van der Waals surface area contributed by atoms with E-state index in [9.17, 15) is 55.2 Å². The molecule has 3 fully saturated rings. The van der Waals surface area contributed by atoms with E-state index in [0.717, 1.165) is 0 Å². The Balaban J connectivity index is 1.83. The molecule has 39 heavy (non-hydrogen) atoms. The molecule has 0 spiro atoms. The van der Waals surface area contributed by atoms with Gasteiger partial charge in [0.05, 0.1) is 37.9 Å². The van der Waals surface area contributed by atoms with Gasteiger partial charge in [0.2, 0.25) is 10.4 Å². The van der Waals surface area contributed by atoms with Crippen molar-refractivity contribution in [1.82, 2.24) is 0 Å². The summed E-state index contributed by atoms with van der Waals surface area (Å²) in [6, 6.07) is -4.72. The Morgan fingerprint density at radius 1 is 0.821 bits per heavy atom. The highest BCUT2D eigenvalue weighted by Crippen LogP contribution is 2.61. The molecule has 21 heteroatoms. The number of nitrogens with two attached hydrogens (primary N) is 3. The molecule has 230 valence electrons. The zero-order valence-corrected chi connectivity index (χ0v) is 21.8. The molecule has 0 amide bonds. The van der Waals surface area contributed by atoms with Crippen LogP contribution in [-0.4, -0.2) is 161 Å². The lowest BCUT2D eigenvalue weighted by atomic mass is 9.94. The molecule has 0 radical (unpaired) electrons. The van der Waals surface area contributed by atoms with E-state index in [0.29, 0.717) is 0 Å². The van der Waals surface area contributed by atoms with Crippen molar-refractivity contribution in [3.8, 4) is 0 Å². The summed E-state index contributed by atoms with van der Waals surface area (Å²) in [5.41, 5.74) is 17.5. The standard InChI is InChI=1S/C18H35ClN3O16P/c19-18(30)13(28)8(22)16(38-17(18,3-25)39(31,32)33)37-12-5(2-24)35-15(7(21)10(12)27)36-11-4(1-23)34-14(29)6(20)9(11)26/h4-16,23-30H,1-3,20-22H2,(H2,31,32,33)/t4-,5-,6-,7-,8-,9-,10-,11?,12?,13-,14-,15+,16+,17-,18-/m1/s1. The second-order valence-corrected chi connectivity index (χ2v) is 11.9. The number of alkyl halides is 1. The Hall–Kier alpha value is -0.200. The van der Waals surface area contributed by atoms with Crippen molar-refractivity contribution in [2.24, 2.45) is 17.2 Å². The number of ether oxygens (including phenoxy) is 5. The van der Waals surface area contributed by atoms with Gasteiger partial charge in [-0.25, -0.2) is 0 Å². The van der Waals surface area contributed by atoms with E-state index in [1.54, 1.807) is 0 Å². The average molecular weight is 616 g/mol. The largest absolute Gasteiger partial charge is 0.394 e. The minimum atomic E-state index is -5.67. The maximum Gasteiger partial charge on any atom is 0.364 e. The molecule has 3 heterocycles. The molecular weight excluding hydrogens is 581 g/mol. The third-order valence-corrected chi connectivity index (χ3v) is 9.21. The fourth-order valence-corrected chi connectivity index (χ4v) is 6.12. The first kappa shape index (κ1) is 33.3. The van der Waals surface area contributed by atoms with E-state index >= 15 is 0 Å². The highest BCUT2D eigenvalue weighted by atomic mass is 35.5. The van der Waals surface area contributed by atoms with E-state index in [2.05, 4.69) is 0 Å². The summed E-state index contributed by atoms with van der Waals surface area (Å²) in [6.45, 7) is -3.24. The van der Waals surface area contributed by atoms with Gasteiger partial charge in [0.15, 0.2) is 18.9 Å². The van der Waals surface area contributed by atoms with Gasteiger partial charge >= 0.3 is 7.60 Å². The van der Waals surface area contributed by atoms with Crippen LogP contribution in [0.15, 0.2) is 0 Å². The topological polar surface area (TPSA) is 344 Å². The van der Waals surface area contributed by atoms with Gasteiger partial charge in [-0.2, -0.15) is 0 Å². The summed E-state index contributed by atoms with van der Waals surface area (Å²) in [4.78, 5) is 19.6. The van der Waals surface area contributed by atoms with E-state index in [4.69, 9.17) is 52.5 Å². The van der Waals surface area contributed by atoms with E-state index < -0.39 is 118 Å². The summed E-state index contributed by atoms with van der Waals surface area (Å²) in [7, 11) is -5.67. The molecule has 2 unspecified atom stereocenters. The number of rotatable bonds is 8. The molecule has 0 aliphatic carbocycles. The van der Waals surface area contributed by atoms with Gasteiger partial charge in [-0.3, -0.25) is 4.57 Å². The Morgan fingerprint density at radius 2 is 1.31 bits per heavy atom. The van der Waals surface area contributed by atoms with Crippen LogP contribution >= 0.6 is 19.2 Å². The smallest absolute Gasteiger partial charge is 0.364 e. The normalized spacial score (nSPS) is 51.6. The van der Waals surface area contributed by atoms with Crippen molar-refractivity contribution in [3.63, 3.8) is 0 Å². The third-order valence-electron chi connectivity index (χ3n) is 7.02. The van der Waals surface area contributed by atoms with Crippen molar-refractivity contribution < 1.29 is 78.9 Å². The van der Waals surface area contributed by atoms with Crippen molar-refractivity contribution in [3.05, 3.63) is 0 Å². The van der Waals surface area contributed by atoms with Crippen LogP contribution in [0.3, 0.4) is 0 Å². The monoisotopic (exact) mass is 615 g/mol. The minimum absolute atomic E-state index is 0.733. The molecule has 0 aromatic heterocycles. The highest BCUT2D eigenvalue weighted by Gasteiger charge is 2.71. The van der Waals surface area contributed by atoms with Crippen LogP contribution in [0.25, 0.3) is 0 Å². The fraction of sp³-hybridized carbons (Fsp3) is 1.00. The van der Waals surface area contributed by atoms with Crippen LogP contribution in [0, 0.1) is 0 Å². The zero-order valence-electron chi connectivity index (χ0n) is 20.1. The summed E-state index contributed by atoms with van der Waals surface area (Å²) in [6.07, 6.45) is -17.0. The first-order valence-electron chi connectivity index (χ1n) is 11.6. The second-order valence-electron chi connectivity index (χ2n) is 9.48. The number of aliphatic hydroxyl groups excluding tert-OH is 7. The third kappa shape index (κ3) is 5.75. The van der Waals surface area contributed by atoms with Gasteiger partial charge in [-0.1, -0.05) is 11.6 Å². The molecule has 3 rings (SSSR count). The lowest BCUT2D eigenvalue weighted by molar-refractivity contribution is -0.356. The predicted octanol–water partition coefficient (Wildman–Crippen LogP) is -7.60. The quantitative estimate of drug-likeness (QED) is 0.0889. The van der Waals surface area contributed by atoms with Crippen molar-refractivity contribution in [2.45, 2.75) is 90.1 Å². The average Bonchev–Trinajstić information content (AvgIpc) is 2.87. The fourth-order valence-electron chi connectivity index (χ4n) is 4.58. The Labute approximate surface area is 225 Å². The van der Waals surface area contributed by atoms with Crippen LogP contribution in [0.2, 0.25) is 0 Å². The Morgan fingerprint density at radius 3 is 1.79 bits per heavy atom. The molecule has 0 aromatic rings. The minimum Gasteiger partial charge on any atom is -0.394 e. The lowest BCUT2D eigenvalue weighted by Gasteiger charge is -2.53. The Bertz CT molecular complexity index is 885. The lowest BCUT2D eigenvalue weighted by Crippen LogP contribution is -2.74. The van der Waals surface area contributed by atoms with Crippen molar-refractivity contribution >= 4 is 19.2 Å². The van der Waals surface area contributed by atoms with Gasteiger partial charge in [0.25, 0.3) is 0 Å². The van der Waals surface area contributed by atoms with Gasteiger partial charge < -0.3 is 91.5 Å². The predicted molar refractivity (Wildman–Crippen MR) is 123 cm³/mol. The summed E-state index contributed by atoms with van der Waals surface area (Å²) in [5, 5.41) is 74.5. The van der Waals surface area contributed by atoms with Gasteiger partial charge in [-0.05, 0) is 0 Å². The van der Waals surface area contributed by atoms with Crippen LogP contribution < -0.4 is 17.2 Å².